The lowest BCUT2D eigenvalue weighted by atomic mass is 10.2. The van der Waals surface area contributed by atoms with Gasteiger partial charge in [0.05, 0.1) is 19.5 Å². The average Bonchev–Trinajstić information content (AvgIpc) is 2.41. The van der Waals surface area contributed by atoms with Crippen molar-refractivity contribution in [1.29, 1.82) is 0 Å². The lowest BCUT2D eigenvalue weighted by Gasteiger charge is -2.03. The first-order chi connectivity index (χ1) is 9.30. The summed E-state index contributed by atoms with van der Waals surface area (Å²) >= 11 is 0. The fraction of sp³-hybridized carbons (Fsp3) is 0.538. The minimum absolute atomic E-state index is 0.0104. The highest BCUT2D eigenvalue weighted by atomic mass is 32.2. The number of ether oxygens (including phenoxy) is 1. The smallest absolute Gasteiger partial charge is 0.149 e. The van der Waals surface area contributed by atoms with Gasteiger partial charge in [-0.2, -0.15) is 0 Å². The van der Waals surface area contributed by atoms with Gasteiger partial charge in [0.25, 0.3) is 0 Å². The summed E-state index contributed by atoms with van der Waals surface area (Å²) in [7, 11) is -1.25. The van der Waals surface area contributed by atoms with Crippen molar-refractivity contribution in [2.24, 2.45) is 5.90 Å². The van der Waals surface area contributed by atoms with E-state index in [1.165, 1.54) is 0 Å². The minimum atomic E-state index is -2.89. The monoisotopic (exact) mass is 306 g/mol. The van der Waals surface area contributed by atoms with Crippen LogP contribution in [0.1, 0.15) is 19.4 Å². The van der Waals surface area contributed by atoms with Crippen LogP contribution in [0.2, 0.25) is 0 Å². The van der Waals surface area contributed by atoms with E-state index in [9.17, 15) is 8.42 Å². The van der Waals surface area contributed by atoms with Crippen molar-refractivity contribution in [3.8, 4) is 5.75 Å². The van der Waals surface area contributed by atoms with E-state index in [0.717, 1.165) is 23.3 Å². The summed E-state index contributed by atoms with van der Waals surface area (Å²) in [5.74, 6) is 5.41. The van der Waals surface area contributed by atoms with E-state index in [-0.39, 0.29) is 12.4 Å². The van der Waals surface area contributed by atoms with Crippen molar-refractivity contribution in [3.05, 3.63) is 23.8 Å². The summed E-state index contributed by atoms with van der Waals surface area (Å²) in [6.45, 7) is 6.05. The van der Waals surface area contributed by atoms with Crippen molar-refractivity contribution >= 4 is 15.5 Å². The van der Waals surface area contributed by atoms with E-state index in [4.69, 9.17) is 10.5 Å². The third-order valence-corrected chi connectivity index (χ3v) is 2.91. The normalized spacial score (nSPS) is 9.70. The van der Waals surface area contributed by atoms with Gasteiger partial charge in [-0.25, -0.2) is 14.3 Å². The van der Waals surface area contributed by atoms with E-state index in [2.05, 4.69) is 10.7 Å². The molecular formula is C13H26N2O4S. The summed E-state index contributed by atoms with van der Waals surface area (Å²) in [5.41, 5.74) is 7.37. The summed E-state index contributed by atoms with van der Waals surface area (Å²) in [4.78, 5) is 4.04. The van der Waals surface area contributed by atoms with E-state index < -0.39 is 9.84 Å². The molecule has 20 heavy (non-hydrogen) atoms. The highest BCUT2D eigenvalue weighted by Crippen LogP contribution is 2.19. The van der Waals surface area contributed by atoms with Crippen LogP contribution in [0.15, 0.2) is 18.2 Å². The van der Waals surface area contributed by atoms with Crippen LogP contribution in [0.4, 0.5) is 5.69 Å². The summed E-state index contributed by atoms with van der Waals surface area (Å²) in [6, 6.07) is 5.61. The molecule has 0 spiro atoms. The first-order valence-corrected chi connectivity index (χ1v) is 8.25. The SMILES string of the molecule is CC.COc1cc(N)ccc1C.CS(=O)(=O)CCON. The molecule has 0 atom stereocenters. The second-order valence-corrected chi connectivity index (χ2v) is 5.99. The molecule has 0 fully saturated rings. The van der Waals surface area contributed by atoms with E-state index in [1.54, 1.807) is 7.11 Å². The molecule has 0 aliphatic heterocycles. The molecule has 118 valence electrons. The molecule has 7 heteroatoms. The molecule has 0 aromatic heterocycles. The van der Waals surface area contributed by atoms with Gasteiger partial charge in [0, 0.05) is 18.0 Å². The molecule has 0 bridgehead atoms. The molecule has 1 rings (SSSR count). The molecule has 1 aromatic carbocycles. The lowest BCUT2D eigenvalue weighted by molar-refractivity contribution is 0.154. The molecule has 6 nitrogen and oxygen atoms in total. The average molecular weight is 306 g/mol. The predicted molar refractivity (Wildman–Crippen MR) is 83.3 cm³/mol. The number of hydrogen-bond donors (Lipinski definition) is 2. The number of sulfone groups is 1. The van der Waals surface area contributed by atoms with Crippen molar-refractivity contribution in [2.45, 2.75) is 20.8 Å². The maximum absolute atomic E-state index is 10.3. The van der Waals surface area contributed by atoms with Crippen LogP contribution in [0, 0.1) is 6.92 Å². The number of aryl methyl sites for hydroxylation is 1. The molecule has 0 saturated heterocycles. The molecule has 0 saturated carbocycles. The van der Waals surface area contributed by atoms with Crippen LogP contribution in [0.5, 0.6) is 5.75 Å². The van der Waals surface area contributed by atoms with E-state index >= 15 is 0 Å². The number of rotatable bonds is 4. The molecular weight excluding hydrogens is 280 g/mol. The Kier molecular flexibility index (Phi) is 12.1. The molecule has 0 amide bonds. The van der Waals surface area contributed by atoms with Crippen molar-refractivity contribution < 1.29 is 18.0 Å². The van der Waals surface area contributed by atoms with Gasteiger partial charge in [0.1, 0.15) is 15.6 Å². The molecule has 0 heterocycles. The largest absolute Gasteiger partial charge is 0.496 e. The first-order valence-electron chi connectivity index (χ1n) is 6.19. The van der Waals surface area contributed by atoms with Crippen LogP contribution in [0.3, 0.4) is 0 Å². The minimum Gasteiger partial charge on any atom is -0.496 e. The summed E-state index contributed by atoms with van der Waals surface area (Å²) in [6.07, 6.45) is 1.13. The number of anilines is 1. The van der Waals surface area contributed by atoms with Gasteiger partial charge in [0.15, 0.2) is 0 Å². The van der Waals surface area contributed by atoms with Crippen LogP contribution < -0.4 is 16.4 Å². The number of hydrogen-bond acceptors (Lipinski definition) is 6. The van der Waals surface area contributed by atoms with Crippen LogP contribution >= 0.6 is 0 Å². The molecule has 1 aromatic rings. The third kappa shape index (κ3) is 11.8. The van der Waals surface area contributed by atoms with Gasteiger partial charge in [-0.15, -0.1) is 0 Å². The van der Waals surface area contributed by atoms with Crippen LogP contribution in [0.25, 0.3) is 0 Å². The molecule has 0 aliphatic carbocycles. The zero-order valence-corrected chi connectivity index (χ0v) is 13.7. The van der Waals surface area contributed by atoms with E-state index in [1.807, 2.05) is 39.0 Å². The zero-order valence-electron chi connectivity index (χ0n) is 12.8. The number of nitrogen functional groups attached to an aromatic ring is 1. The Labute approximate surface area is 121 Å². The quantitative estimate of drug-likeness (QED) is 0.645. The Morgan fingerprint density at radius 1 is 1.25 bits per heavy atom. The number of benzene rings is 1. The Bertz CT molecular complexity index is 461. The Morgan fingerprint density at radius 3 is 2.10 bits per heavy atom. The van der Waals surface area contributed by atoms with E-state index in [0.29, 0.717) is 0 Å². The Morgan fingerprint density at radius 2 is 1.80 bits per heavy atom. The van der Waals surface area contributed by atoms with Crippen LogP contribution in [-0.2, 0) is 14.7 Å². The predicted octanol–water partition coefficient (Wildman–Crippen LogP) is 1.53. The highest BCUT2D eigenvalue weighted by Gasteiger charge is 1.98. The molecule has 0 radical (unpaired) electrons. The highest BCUT2D eigenvalue weighted by molar-refractivity contribution is 7.90. The summed E-state index contributed by atoms with van der Waals surface area (Å²) < 4.78 is 25.6. The second-order valence-electron chi connectivity index (χ2n) is 3.73. The van der Waals surface area contributed by atoms with Gasteiger partial charge in [0.2, 0.25) is 0 Å². The topological polar surface area (TPSA) is 105 Å². The third-order valence-electron chi connectivity index (χ3n) is 2.00. The Hall–Kier alpha value is -1.31. The number of nitrogens with two attached hydrogens (primary N) is 2. The van der Waals surface area contributed by atoms with Gasteiger partial charge in [-0.3, -0.25) is 0 Å². The lowest BCUT2D eigenvalue weighted by Crippen LogP contribution is -2.12. The second kappa shape index (κ2) is 11.5. The number of methoxy groups -OCH3 is 1. The first kappa shape index (κ1) is 21.0. The fourth-order valence-corrected chi connectivity index (χ4v) is 1.44. The van der Waals surface area contributed by atoms with Gasteiger partial charge in [-0.05, 0) is 18.6 Å². The zero-order chi connectivity index (χ0) is 16.2. The van der Waals surface area contributed by atoms with Crippen molar-refractivity contribution in [1.82, 2.24) is 0 Å². The van der Waals surface area contributed by atoms with Gasteiger partial charge < -0.3 is 15.3 Å². The van der Waals surface area contributed by atoms with Crippen molar-refractivity contribution in [3.63, 3.8) is 0 Å². The Balaban J connectivity index is 0. The molecule has 0 aliphatic rings. The maximum atomic E-state index is 10.3. The van der Waals surface area contributed by atoms with Crippen molar-refractivity contribution in [2.75, 3.05) is 31.5 Å². The maximum Gasteiger partial charge on any atom is 0.149 e. The van der Waals surface area contributed by atoms with Gasteiger partial charge in [-0.1, -0.05) is 19.9 Å². The fourth-order valence-electron chi connectivity index (χ4n) is 1.04. The van der Waals surface area contributed by atoms with Crippen LogP contribution in [-0.4, -0.2) is 34.1 Å². The molecule has 4 N–H and O–H groups in total. The standard InChI is InChI=1S/C8H11NO.C3H9NO3S.C2H6/c1-6-3-4-7(9)5-8(6)10-2;1-8(5,6)3-2-7-4;1-2/h3-5H,9H2,1-2H3;2-4H2,1H3;1-2H3. The molecule has 0 unspecified atom stereocenters. The summed E-state index contributed by atoms with van der Waals surface area (Å²) in [5, 5.41) is 0. The van der Waals surface area contributed by atoms with Gasteiger partial charge >= 0.3 is 0 Å².